The van der Waals surface area contributed by atoms with Gasteiger partial charge >= 0.3 is 0 Å². The smallest absolute Gasteiger partial charge is 0.0622 e. The minimum absolute atomic E-state index is 0.299. The number of piperazine rings is 1. The van der Waals surface area contributed by atoms with E-state index in [1.54, 1.807) is 12.3 Å². The second-order valence-corrected chi connectivity index (χ2v) is 3.55. The van der Waals surface area contributed by atoms with Crippen LogP contribution in [0.4, 0.5) is 0 Å². The highest BCUT2D eigenvalue weighted by molar-refractivity contribution is 6.30. The molecule has 2 rings (SSSR count). The summed E-state index contributed by atoms with van der Waals surface area (Å²) in [4.78, 5) is 4.28. The van der Waals surface area contributed by atoms with Gasteiger partial charge in [-0.1, -0.05) is 11.6 Å². The normalized spacial score (nSPS) is 23.0. The van der Waals surface area contributed by atoms with E-state index < -0.39 is 0 Å². The minimum Gasteiger partial charge on any atom is -0.314 e. The first-order valence-electron chi connectivity index (χ1n) is 4.42. The summed E-state index contributed by atoms with van der Waals surface area (Å²) < 4.78 is 0. The van der Waals surface area contributed by atoms with E-state index in [0.29, 0.717) is 6.04 Å². The van der Waals surface area contributed by atoms with Gasteiger partial charge in [-0.3, -0.25) is 4.98 Å². The van der Waals surface area contributed by atoms with Crippen molar-refractivity contribution in [2.75, 3.05) is 19.6 Å². The Morgan fingerprint density at radius 2 is 2.38 bits per heavy atom. The number of hydrogen-bond donors (Lipinski definition) is 2. The van der Waals surface area contributed by atoms with Gasteiger partial charge in [-0.2, -0.15) is 0 Å². The van der Waals surface area contributed by atoms with Crippen LogP contribution in [0.25, 0.3) is 0 Å². The summed E-state index contributed by atoms with van der Waals surface area (Å²) >= 11 is 5.88. The first-order chi connectivity index (χ1) is 6.36. The van der Waals surface area contributed by atoms with Gasteiger partial charge in [0.1, 0.15) is 0 Å². The van der Waals surface area contributed by atoms with E-state index in [0.717, 1.165) is 30.4 Å². The highest BCUT2D eigenvalue weighted by Crippen LogP contribution is 2.15. The molecule has 1 saturated heterocycles. The van der Waals surface area contributed by atoms with Crippen molar-refractivity contribution in [1.82, 2.24) is 15.6 Å². The highest BCUT2D eigenvalue weighted by atomic mass is 35.5. The lowest BCUT2D eigenvalue weighted by Gasteiger charge is -2.23. The topological polar surface area (TPSA) is 37.0 Å². The number of nitrogens with one attached hydrogen (secondary N) is 2. The third-order valence-electron chi connectivity index (χ3n) is 2.14. The maximum absolute atomic E-state index is 5.88. The Bertz CT molecular complexity index is 284. The van der Waals surface area contributed by atoms with Gasteiger partial charge in [0.05, 0.1) is 11.7 Å². The summed E-state index contributed by atoms with van der Waals surface area (Å²) in [5, 5.41) is 7.43. The molecule has 0 amide bonds. The van der Waals surface area contributed by atoms with Crippen molar-refractivity contribution in [3.05, 3.63) is 29.0 Å². The van der Waals surface area contributed by atoms with Gasteiger partial charge in [0.15, 0.2) is 0 Å². The average molecular weight is 198 g/mol. The molecular formula is C9H12ClN3. The number of rotatable bonds is 1. The fourth-order valence-electron chi connectivity index (χ4n) is 1.47. The largest absolute Gasteiger partial charge is 0.314 e. The van der Waals surface area contributed by atoms with E-state index in [4.69, 9.17) is 11.6 Å². The molecule has 2 N–H and O–H groups in total. The second-order valence-electron chi connectivity index (χ2n) is 3.11. The Kier molecular flexibility index (Phi) is 2.78. The minimum atomic E-state index is 0.299. The van der Waals surface area contributed by atoms with Crippen LogP contribution in [0.3, 0.4) is 0 Å². The zero-order valence-corrected chi connectivity index (χ0v) is 8.01. The van der Waals surface area contributed by atoms with E-state index in [-0.39, 0.29) is 0 Å². The number of hydrogen-bond acceptors (Lipinski definition) is 3. The van der Waals surface area contributed by atoms with Gasteiger partial charge in [0.25, 0.3) is 0 Å². The van der Waals surface area contributed by atoms with Gasteiger partial charge in [-0.15, -0.1) is 0 Å². The Labute approximate surface area is 82.5 Å². The molecule has 0 aliphatic carbocycles. The molecule has 1 fully saturated rings. The van der Waals surface area contributed by atoms with Crippen molar-refractivity contribution in [3.63, 3.8) is 0 Å². The zero-order chi connectivity index (χ0) is 9.10. The van der Waals surface area contributed by atoms with Gasteiger partial charge in [-0.05, 0) is 12.1 Å². The molecule has 0 spiro atoms. The first-order valence-corrected chi connectivity index (χ1v) is 4.79. The van der Waals surface area contributed by atoms with Crippen LogP contribution in [-0.2, 0) is 0 Å². The third-order valence-corrected chi connectivity index (χ3v) is 2.38. The average Bonchev–Trinajstić information content (AvgIpc) is 2.19. The van der Waals surface area contributed by atoms with Crippen LogP contribution in [0.5, 0.6) is 0 Å². The molecule has 1 aromatic heterocycles. The molecule has 2 heterocycles. The van der Waals surface area contributed by atoms with Crippen LogP contribution in [0.15, 0.2) is 18.3 Å². The third kappa shape index (κ3) is 2.18. The van der Waals surface area contributed by atoms with Crippen LogP contribution >= 0.6 is 11.6 Å². The van der Waals surface area contributed by atoms with Crippen molar-refractivity contribution < 1.29 is 0 Å². The summed E-state index contributed by atoms with van der Waals surface area (Å²) in [6.45, 7) is 2.93. The summed E-state index contributed by atoms with van der Waals surface area (Å²) in [6, 6.07) is 4.00. The monoisotopic (exact) mass is 197 g/mol. The molecule has 13 heavy (non-hydrogen) atoms. The second kappa shape index (κ2) is 4.05. The Balaban J connectivity index is 2.14. The lowest BCUT2D eigenvalue weighted by molar-refractivity contribution is 0.423. The van der Waals surface area contributed by atoms with Crippen LogP contribution in [0.1, 0.15) is 11.7 Å². The molecule has 1 aliphatic heterocycles. The van der Waals surface area contributed by atoms with E-state index in [9.17, 15) is 0 Å². The number of pyridine rings is 1. The summed E-state index contributed by atoms with van der Waals surface area (Å²) in [5.74, 6) is 0. The van der Waals surface area contributed by atoms with E-state index in [2.05, 4.69) is 15.6 Å². The number of aromatic nitrogens is 1. The van der Waals surface area contributed by atoms with Gasteiger partial charge in [0.2, 0.25) is 0 Å². The Morgan fingerprint density at radius 3 is 3.08 bits per heavy atom. The van der Waals surface area contributed by atoms with E-state index >= 15 is 0 Å². The molecule has 70 valence electrons. The lowest BCUT2D eigenvalue weighted by atomic mass is 10.1. The first kappa shape index (κ1) is 8.94. The summed E-state index contributed by atoms with van der Waals surface area (Å²) in [5.41, 5.74) is 1.01. The van der Waals surface area contributed by atoms with Crippen molar-refractivity contribution in [2.45, 2.75) is 6.04 Å². The van der Waals surface area contributed by atoms with Crippen LogP contribution in [-0.4, -0.2) is 24.6 Å². The molecule has 0 bridgehead atoms. The van der Waals surface area contributed by atoms with E-state index in [1.165, 1.54) is 0 Å². The van der Waals surface area contributed by atoms with Gasteiger partial charge in [-0.25, -0.2) is 0 Å². The summed E-state index contributed by atoms with van der Waals surface area (Å²) in [6.07, 6.45) is 1.74. The molecule has 1 atom stereocenters. The molecule has 1 aliphatic rings. The fourth-order valence-corrected chi connectivity index (χ4v) is 1.64. The van der Waals surface area contributed by atoms with Crippen molar-refractivity contribution in [3.8, 4) is 0 Å². The molecule has 4 heteroatoms. The van der Waals surface area contributed by atoms with E-state index in [1.807, 2.05) is 6.07 Å². The van der Waals surface area contributed by atoms with Crippen LogP contribution in [0, 0.1) is 0 Å². The molecule has 1 aromatic rings. The van der Waals surface area contributed by atoms with Crippen molar-refractivity contribution in [1.29, 1.82) is 0 Å². The van der Waals surface area contributed by atoms with Gasteiger partial charge < -0.3 is 10.6 Å². The Morgan fingerprint density at radius 1 is 1.46 bits per heavy atom. The molecule has 0 radical (unpaired) electrons. The van der Waals surface area contributed by atoms with Crippen molar-refractivity contribution in [2.24, 2.45) is 0 Å². The lowest BCUT2D eigenvalue weighted by Crippen LogP contribution is -2.42. The quantitative estimate of drug-likeness (QED) is 0.705. The predicted octanol–water partition coefficient (Wildman–Crippen LogP) is 0.969. The molecule has 3 nitrogen and oxygen atoms in total. The molecule has 0 saturated carbocycles. The van der Waals surface area contributed by atoms with Crippen LogP contribution in [0.2, 0.25) is 5.02 Å². The van der Waals surface area contributed by atoms with Crippen LogP contribution < -0.4 is 10.6 Å². The Hall–Kier alpha value is -0.640. The highest BCUT2D eigenvalue weighted by Gasteiger charge is 2.14. The zero-order valence-electron chi connectivity index (χ0n) is 7.26. The standard InChI is InChI=1S/C9H12ClN3/c10-7-1-2-12-8(5-7)9-6-11-3-4-13-9/h1-2,5,9,11,13H,3-4,6H2/t9-/m0/s1. The molecular weight excluding hydrogens is 186 g/mol. The van der Waals surface area contributed by atoms with Crippen molar-refractivity contribution >= 4 is 11.6 Å². The predicted molar refractivity (Wildman–Crippen MR) is 52.9 cm³/mol. The molecule has 0 unspecified atom stereocenters. The van der Waals surface area contributed by atoms with Gasteiger partial charge in [0, 0.05) is 30.9 Å². The fraction of sp³-hybridized carbons (Fsp3) is 0.444. The number of halogens is 1. The summed E-state index contributed by atoms with van der Waals surface area (Å²) in [7, 11) is 0. The molecule has 0 aromatic carbocycles. The maximum Gasteiger partial charge on any atom is 0.0622 e. The number of nitrogens with zero attached hydrogens (tertiary/aromatic N) is 1. The maximum atomic E-state index is 5.88. The SMILES string of the molecule is Clc1ccnc([C@@H]2CNCCN2)c1.